The first kappa shape index (κ1) is 10.6. The summed E-state index contributed by atoms with van der Waals surface area (Å²) in [6.07, 6.45) is 0.138. The van der Waals surface area contributed by atoms with Crippen molar-refractivity contribution in [2.45, 2.75) is 20.3 Å². The largest absolute Gasteiger partial charge is 0.370 e. The van der Waals surface area contributed by atoms with E-state index in [2.05, 4.69) is 0 Å². The van der Waals surface area contributed by atoms with Gasteiger partial charge in [-0.3, -0.25) is 4.79 Å². The Balaban J connectivity index is 3.99. The van der Waals surface area contributed by atoms with E-state index in [4.69, 9.17) is 10.3 Å². The van der Waals surface area contributed by atoms with Crippen molar-refractivity contribution in [1.29, 1.82) is 0 Å². The lowest BCUT2D eigenvalue weighted by Gasteiger charge is -2.19. The molecular formula is C6H13NO3S. The van der Waals surface area contributed by atoms with Gasteiger partial charge in [0, 0.05) is 6.42 Å². The fourth-order valence-electron chi connectivity index (χ4n) is 0.857. The highest BCUT2D eigenvalue weighted by atomic mass is 32.2. The summed E-state index contributed by atoms with van der Waals surface area (Å²) in [4.78, 5) is 10.4. The Kier molecular flexibility index (Phi) is 3.68. The van der Waals surface area contributed by atoms with Gasteiger partial charge in [0.05, 0.1) is 5.75 Å². The van der Waals surface area contributed by atoms with E-state index < -0.39 is 22.4 Å². The molecule has 3 N–H and O–H groups in total. The van der Waals surface area contributed by atoms with Crippen molar-refractivity contribution in [2.75, 3.05) is 5.75 Å². The van der Waals surface area contributed by atoms with Gasteiger partial charge in [-0.25, -0.2) is 4.21 Å². The Labute approximate surface area is 68.4 Å². The Morgan fingerprint density at radius 1 is 1.64 bits per heavy atom. The molecule has 0 fully saturated rings. The summed E-state index contributed by atoms with van der Waals surface area (Å²) >= 11 is -1.86. The minimum atomic E-state index is -1.86. The summed E-state index contributed by atoms with van der Waals surface area (Å²) in [5.41, 5.74) is 4.45. The van der Waals surface area contributed by atoms with E-state index in [1.165, 1.54) is 0 Å². The molecule has 0 aromatic rings. The number of carbonyl (C=O) groups excluding carboxylic acids is 1. The fourth-order valence-corrected chi connectivity index (χ4v) is 1.63. The van der Waals surface area contributed by atoms with Crippen molar-refractivity contribution < 1.29 is 13.6 Å². The van der Waals surface area contributed by atoms with Gasteiger partial charge in [-0.15, -0.1) is 0 Å². The van der Waals surface area contributed by atoms with Crippen LogP contribution in [0.25, 0.3) is 0 Å². The van der Waals surface area contributed by atoms with Crippen LogP contribution in [0.3, 0.4) is 0 Å². The molecule has 0 bridgehead atoms. The van der Waals surface area contributed by atoms with Crippen LogP contribution < -0.4 is 5.73 Å². The molecular weight excluding hydrogens is 166 g/mol. The highest BCUT2D eigenvalue weighted by Crippen LogP contribution is 2.20. The number of rotatable bonds is 4. The van der Waals surface area contributed by atoms with Crippen molar-refractivity contribution in [1.82, 2.24) is 0 Å². The van der Waals surface area contributed by atoms with Crippen molar-refractivity contribution in [3.05, 3.63) is 0 Å². The monoisotopic (exact) mass is 179 g/mol. The van der Waals surface area contributed by atoms with E-state index >= 15 is 0 Å². The number of hydrogen-bond acceptors (Lipinski definition) is 2. The van der Waals surface area contributed by atoms with Crippen LogP contribution in [0.15, 0.2) is 0 Å². The van der Waals surface area contributed by atoms with Crippen LogP contribution in [0.5, 0.6) is 0 Å². The van der Waals surface area contributed by atoms with Crippen LogP contribution in [0.4, 0.5) is 0 Å². The van der Waals surface area contributed by atoms with Gasteiger partial charge in [-0.1, -0.05) is 13.8 Å². The highest BCUT2D eigenvalue weighted by molar-refractivity contribution is 7.79. The van der Waals surface area contributed by atoms with Gasteiger partial charge in [0.2, 0.25) is 5.91 Å². The third-order valence-electron chi connectivity index (χ3n) is 1.17. The molecule has 1 amide bonds. The maximum Gasteiger partial charge on any atom is 0.217 e. The van der Waals surface area contributed by atoms with Crippen molar-refractivity contribution >= 4 is 17.0 Å². The Morgan fingerprint density at radius 3 is 2.36 bits per heavy atom. The fraction of sp³-hybridized carbons (Fsp3) is 0.833. The molecule has 0 aliphatic carbocycles. The molecule has 0 spiro atoms. The van der Waals surface area contributed by atoms with Gasteiger partial charge in [-0.2, -0.15) is 0 Å². The van der Waals surface area contributed by atoms with Crippen molar-refractivity contribution in [3.8, 4) is 0 Å². The molecule has 1 unspecified atom stereocenters. The number of amides is 1. The second-order valence-corrected chi connectivity index (χ2v) is 4.20. The van der Waals surface area contributed by atoms with Crippen LogP contribution >= 0.6 is 0 Å². The third kappa shape index (κ3) is 6.00. The first-order chi connectivity index (χ1) is 4.83. The summed E-state index contributed by atoms with van der Waals surface area (Å²) in [7, 11) is 0. The molecule has 0 radical (unpaired) electrons. The SMILES string of the molecule is CC(C)(CC(N)=O)CS(=O)O. The summed E-state index contributed by atoms with van der Waals surface area (Å²) in [5, 5.41) is 0. The average molecular weight is 179 g/mol. The molecule has 11 heavy (non-hydrogen) atoms. The topological polar surface area (TPSA) is 80.4 Å². The van der Waals surface area contributed by atoms with Crippen LogP contribution in [0, 0.1) is 5.41 Å². The number of carbonyl (C=O) groups is 1. The van der Waals surface area contributed by atoms with Gasteiger partial charge < -0.3 is 10.3 Å². The molecule has 5 heteroatoms. The molecule has 0 saturated carbocycles. The molecule has 0 aromatic heterocycles. The number of primary amides is 1. The maximum absolute atomic E-state index is 10.4. The first-order valence-corrected chi connectivity index (χ1v) is 4.47. The van der Waals surface area contributed by atoms with Gasteiger partial charge in [0.15, 0.2) is 11.1 Å². The van der Waals surface area contributed by atoms with E-state index in [0.717, 1.165) is 0 Å². The van der Waals surface area contributed by atoms with Crippen molar-refractivity contribution in [3.63, 3.8) is 0 Å². The average Bonchev–Trinajstić information content (AvgIpc) is 1.53. The second kappa shape index (κ2) is 3.82. The normalized spacial score (nSPS) is 14.5. The zero-order chi connectivity index (χ0) is 9.07. The minimum absolute atomic E-state index is 0.0793. The van der Waals surface area contributed by atoms with E-state index in [-0.39, 0.29) is 12.2 Å². The molecule has 0 saturated heterocycles. The van der Waals surface area contributed by atoms with Crippen LogP contribution in [-0.2, 0) is 15.9 Å². The van der Waals surface area contributed by atoms with Crippen molar-refractivity contribution in [2.24, 2.45) is 11.1 Å². The van der Waals surface area contributed by atoms with Gasteiger partial charge >= 0.3 is 0 Å². The maximum atomic E-state index is 10.4. The number of hydrogen-bond donors (Lipinski definition) is 2. The molecule has 4 nitrogen and oxygen atoms in total. The Morgan fingerprint density at radius 2 is 2.09 bits per heavy atom. The highest BCUT2D eigenvalue weighted by Gasteiger charge is 2.22. The molecule has 66 valence electrons. The lowest BCUT2D eigenvalue weighted by Crippen LogP contribution is -2.27. The summed E-state index contributed by atoms with van der Waals surface area (Å²) < 4.78 is 18.9. The summed E-state index contributed by atoms with van der Waals surface area (Å²) in [6, 6.07) is 0. The van der Waals surface area contributed by atoms with E-state index in [1.54, 1.807) is 13.8 Å². The van der Waals surface area contributed by atoms with Crippen LogP contribution in [0.2, 0.25) is 0 Å². The number of nitrogens with two attached hydrogens (primary N) is 1. The van der Waals surface area contributed by atoms with E-state index in [0.29, 0.717) is 0 Å². The van der Waals surface area contributed by atoms with Gasteiger partial charge in [0.25, 0.3) is 0 Å². The first-order valence-electron chi connectivity index (χ1n) is 3.19. The third-order valence-corrected chi connectivity index (χ3v) is 2.20. The smallest absolute Gasteiger partial charge is 0.217 e. The second-order valence-electron chi connectivity index (χ2n) is 3.27. The molecule has 0 aliphatic rings. The Bertz CT molecular complexity index is 161. The van der Waals surface area contributed by atoms with E-state index in [9.17, 15) is 9.00 Å². The molecule has 0 heterocycles. The lowest BCUT2D eigenvalue weighted by atomic mass is 9.92. The standard InChI is InChI=1S/C6H13NO3S/c1-6(2,3-5(7)8)4-11(9)10/h3-4H2,1-2H3,(H2,7,8)(H,9,10). The van der Waals surface area contributed by atoms with Crippen LogP contribution in [0.1, 0.15) is 20.3 Å². The summed E-state index contributed by atoms with van der Waals surface area (Å²) in [6.45, 7) is 3.46. The molecule has 0 aromatic carbocycles. The molecule has 0 aliphatic heterocycles. The zero-order valence-electron chi connectivity index (χ0n) is 6.66. The van der Waals surface area contributed by atoms with E-state index in [1.807, 2.05) is 0 Å². The molecule has 0 rings (SSSR count). The van der Waals surface area contributed by atoms with Gasteiger partial charge in [-0.05, 0) is 5.41 Å². The zero-order valence-corrected chi connectivity index (χ0v) is 7.48. The Hall–Kier alpha value is -0.420. The van der Waals surface area contributed by atoms with Gasteiger partial charge in [0.1, 0.15) is 0 Å². The van der Waals surface area contributed by atoms with Crippen LogP contribution in [-0.4, -0.2) is 20.4 Å². The lowest BCUT2D eigenvalue weighted by molar-refractivity contribution is -0.119. The minimum Gasteiger partial charge on any atom is -0.370 e. The molecule has 1 atom stereocenters. The predicted molar refractivity (Wildman–Crippen MR) is 43.2 cm³/mol. The predicted octanol–water partition coefficient (Wildman–Crippen LogP) is 0.110. The summed E-state index contributed by atoms with van der Waals surface area (Å²) in [5.74, 6) is -0.365. The quantitative estimate of drug-likeness (QED) is 0.601.